The lowest BCUT2D eigenvalue weighted by Gasteiger charge is -2.63. The van der Waals surface area contributed by atoms with Crippen molar-refractivity contribution in [2.45, 2.75) is 77.7 Å². The van der Waals surface area contributed by atoms with Crippen LogP contribution in [0.1, 0.15) is 90.0 Å². The van der Waals surface area contributed by atoms with Crippen LogP contribution in [0.3, 0.4) is 0 Å². The van der Waals surface area contributed by atoms with Gasteiger partial charge >= 0.3 is 0 Å². The number of carbonyl (C=O) groups is 5. The Balaban J connectivity index is 0.739. The van der Waals surface area contributed by atoms with Crippen LogP contribution < -0.4 is 25.0 Å². The van der Waals surface area contributed by atoms with Crippen LogP contribution >= 0.6 is 11.6 Å². The third kappa shape index (κ3) is 7.17. The first kappa shape index (κ1) is 39.4. The van der Waals surface area contributed by atoms with E-state index in [0.29, 0.717) is 33.6 Å². The van der Waals surface area contributed by atoms with E-state index in [2.05, 4.69) is 54.2 Å². The van der Waals surface area contributed by atoms with Crippen LogP contribution in [-0.2, 0) is 9.59 Å². The van der Waals surface area contributed by atoms with Gasteiger partial charge in [0.05, 0.1) is 21.7 Å². The number of nitrogens with one attached hydrogen (secondary N) is 2. The zero-order valence-electron chi connectivity index (χ0n) is 33.0. The van der Waals surface area contributed by atoms with Crippen molar-refractivity contribution in [1.82, 2.24) is 20.4 Å². The minimum Gasteiger partial charge on any atom is -0.489 e. The third-order valence-electron chi connectivity index (χ3n) is 12.6. The maximum atomic E-state index is 13.4. The number of ether oxygens (including phenoxy) is 2. The molecule has 58 heavy (non-hydrogen) atoms. The summed E-state index contributed by atoms with van der Waals surface area (Å²) < 4.78 is 12.5. The molecule has 8 rings (SSSR count). The van der Waals surface area contributed by atoms with E-state index in [9.17, 15) is 29.2 Å². The number of piperidine rings is 1. The molecule has 302 valence electrons. The molecule has 1 atom stereocenters. The van der Waals surface area contributed by atoms with Crippen LogP contribution in [0.5, 0.6) is 11.5 Å². The molecule has 14 heteroatoms. The van der Waals surface area contributed by atoms with Crippen LogP contribution in [0.15, 0.2) is 60.7 Å². The minimum absolute atomic E-state index is 0.0153. The number of hydrogen-bond donors (Lipinski definition) is 2. The van der Waals surface area contributed by atoms with Gasteiger partial charge in [0.25, 0.3) is 17.7 Å². The summed E-state index contributed by atoms with van der Waals surface area (Å²) in [4.78, 5) is 69.1. The summed E-state index contributed by atoms with van der Waals surface area (Å²) in [7, 11) is 0. The van der Waals surface area contributed by atoms with Crippen molar-refractivity contribution in [3.05, 3.63) is 87.9 Å². The van der Waals surface area contributed by atoms with Gasteiger partial charge in [-0.1, -0.05) is 39.3 Å². The summed E-state index contributed by atoms with van der Waals surface area (Å²) in [6.45, 7) is 12.9. The average Bonchev–Trinajstić information content (AvgIpc) is 3.40. The molecule has 4 aliphatic heterocycles. The Hall–Kier alpha value is -5.45. The Labute approximate surface area is 342 Å². The van der Waals surface area contributed by atoms with E-state index in [1.54, 1.807) is 36.4 Å². The summed E-state index contributed by atoms with van der Waals surface area (Å²) in [5.41, 5.74) is 1.87. The average molecular weight is 807 g/mol. The fraction of sp³-hybridized carbons (Fsp3) is 0.455. The Morgan fingerprint density at radius 2 is 1.57 bits per heavy atom. The Morgan fingerprint density at radius 1 is 0.897 bits per heavy atom. The molecule has 2 N–H and O–H groups in total. The lowest BCUT2D eigenvalue weighted by Crippen LogP contribution is -2.74. The predicted molar refractivity (Wildman–Crippen MR) is 215 cm³/mol. The molecule has 1 unspecified atom stereocenters. The molecule has 5 aliphatic rings. The molecule has 1 saturated carbocycles. The number of imide groups is 2. The number of rotatable bonds is 12. The third-order valence-corrected chi connectivity index (χ3v) is 12.9. The maximum absolute atomic E-state index is 13.4. The van der Waals surface area contributed by atoms with Crippen LogP contribution in [0.4, 0.5) is 5.69 Å². The number of hydrogen-bond acceptors (Lipinski definition) is 10. The van der Waals surface area contributed by atoms with E-state index < -0.39 is 29.7 Å². The van der Waals surface area contributed by atoms with Crippen molar-refractivity contribution >= 4 is 46.8 Å². The summed E-state index contributed by atoms with van der Waals surface area (Å²) >= 11 is 6.24. The van der Waals surface area contributed by atoms with E-state index in [-0.39, 0.29) is 59.0 Å². The quantitative estimate of drug-likeness (QED) is 0.233. The highest BCUT2D eigenvalue weighted by Crippen LogP contribution is 2.55. The molecular formula is C44H47ClN6O7. The first-order chi connectivity index (χ1) is 27.6. The summed E-state index contributed by atoms with van der Waals surface area (Å²) in [6, 6.07) is 18.7. The number of nitrogens with zero attached hydrogens (tertiary/aromatic N) is 4. The summed E-state index contributed by atoms with van der Waals surface area (Å²) in [5, 5.41) is 15.0. The molecule has 5 amide bonds. The molecule has 0 aromatic heterocycles. The number of anilines is 1. The Morgan fingerprint density at radius 3 is 2.24 bits per heavy atom. The fourth-order valence-electron chi connectivity index (χ4n) is 9.70. The van der Waals surface area contributed by atoms with Gasteiger partial charge in [-0.3, -0.25) is 39.1 Å². The molecule has 4 fully saturated rings. The van der Waals surface area contributed by atoms with Crippen LogP contribution in [0.25, 0.3) is 0 Å². The molecule has 13 nitrogen and oxygen atoms in total. The van der Waals surface area contributed by atoms with Crippen LogP contribution in [0.2, 0.25) is 5.02 Å². The number of likely N-dealkylation sites (tertiary alicyclic amines) is 1. The van der Waals surface area contributed by atoms with Crippen molar-refractivity contribution in [3.63, 3.8) is 0 Å². The molecule has 0 spiro atoms. The molecule has 3 aromatic rings. The maximum Gasteiger partial charge on any atom is 0.262 e. The molecule has 4 heterocycles. The molecule has 0 bridgehead atoms. The van der Waals surface area contributed by atoms with Gasteiger partial charge in [-0.2, -0.15) is 5.26 Å². The normalized spacial score (nSPS) is 23.9. The van der Waals surface area contributed by atoms with E-state index in [0.717, 1.165) is 56.2 Å². The van der Waals surface area contributed by atoms with E-state index in [1.165, 1.54) is 0 Å². The molecule has 3 aromatic carbocycles. The summed E-state index contributed by atoms with van der Waals surface area (Å²) in [6.07, 6.45) is 2.20. The lowest BCUT2D eigenvalue weighted by atomic mass is 9.49. The fourth-order valence-corrected chi connectivity index (χ4v) is 9.91. The molecular weight excluding hydrogens is 760 g/mol. The van der Waals surface area contributed by atoms with Gasteiger partial charge in [0.1, 0.15) is 35.8 Å². The van der Waals surface area contributed by atoms with Gasteiger partial charge in [0, 0.05) is 66.8 Å². The molecule has 0 radical (unpaired) electrons. The molecule has 1 aliphatic carbocycles. The highest BCUT2D eigenvalue weighted by Gasteiger charge is 2.64. The zero-order chi connectivity index (χ0) is 41.1. The largest absolute Gasteiger partial charge is 0.489 e. The zero-order valence-corrected chi connectivity index (χ0v) is 33.8. The van der Waals surface area contributed by atoms with Crippen LogP contribution in [0, 0.1) is 28.1 Å². The van der Waals surface area contributed by atoms with Gasteiger partial charge in [0.15, 0.2) is 0 Å². The van der Waals surface area contributed by atoms with Crippen molar-refractivity contribution in [1.29, 1.82) is 5.26 Å². The monoisotopic (exact) mass is 806 g/mol. The number of halogens is 1. The van der Waals surface area contributed by atoms with E-state index in [4.69, 9.17) is 21.1 Å². The highest BCUT2D eigenvalue weighted by molar-refractivity contribution is 6.31. The lowest BCUT2D eigenvalue weighted by molar-refractivity contribution is -0.164. The van der Waals surface area contributed by atoms with Gasteiger partial charge in [-0.25, -0.2) is 0 Å². The minimum atomic E-state index is -0.996. The van der Waals surface area contributed by atoms with Gasteiger partial charge in [0.2, 0.25) is 11.8 Å². The van der Waals surface area contributed by atoms with Gasteiger partial charge in [-0.05, 0) is 86.3 Å². The SMILES string of the molecule is CC1(C)C(NC(=O)c2ccc(N3CC(CCCN4CC(Oc5ccc6c(c5)C(=O)N(C5CCC(=O)NC5=O)C6=O)C4)C3)cc2)C(C)(C)C1Oc1ccc(C#N)c(Cl)c1. The van der Waals surface area contributed by atoms with Crippen molar-refractivity contribution in [2.75, 3.05) is 37.6 Å². The number of fused-ring (bicyclic) bond motifs is 1. The smallest absolute Gasteiger partial charge is 0.262 e. The van der Waals surface area contributed by atoms with Crippen LogP contribution in [-0.4, -0.2) is 96.4 Å². The van der Waals surface area contributed by atoms with Crippen molar-refractivity contribution in [3.8, 4) is 17.6 Å². The summed E-state index contributed by atoms with van der Waals surface area (Å²) in [5.74, 6) is -0.508. The second-order valence-corrected chi connectivity index (χ2v) is 17.8. The second-order valence-electron chi connectivity index (χ2n) is 17.4. The first-order valence-corrected chi connectivity index (χ1v) is 20.3. The highest BCUT2D eigenvalue weighted by atomic mass is 35.5. The standard InChI is InChI=1S/C44H47ClN6O7/c1-43(2)41(44(3,4)42(43)58-30-12-9-27(20-46)34(45)19-30)48-37(53)26-7-10-28(11-8-26)50-21-25(22-50)6-5-17-49-23-31(24-49)57-29-13-14-32-33(18-29)40(56)51(39(32)55)35-15-16-36(52)47-38(35)54/h7-14,18-19,25,31,35,41-42H,5-6,15-17,21-24H2,1-4H3,(H,48,53)(H,47,52,54). The number of amides is 5. The van der Waals surface area contributed by atoms with E-state index >= 15 is 0 Å². The number of benzene rings is 3. The van der Waals surface area contributed by atoms with Crippen molar-refractivity contribution in [2.24, 2.45) is 16.7 Å². The van der Waals surface area contributed by atoms with Gasteiger partial charge in [-0.15, -0.1) is 0 Å². The topological polar surface area (TPSA) is 161 Å². The van der Waals surface area contributed by atoms with E-state index in [1.807, 2.05) is 24.3 Å². The second kappa shape index (κ2) is 15.1. The van der Waals surface area contributed by atoms with Crippen molar-refractivity contribution < 1.29 is 33.4 Å². The Bertz CT molecular complexity index is 2210. The number of nitriles is 1. The first-order valence-electron chi connectivity index (χ1n) is 19.9. The number of carbonyl (C=O) groups excluding carboxylic acids is 5. The van der Waals surface area contributed by atoms with Gasteiger partial charge < -0.3 is 19.7 Å². The predicted octanol–water partition coefficient (Wildman–Crippen LogP) is 5.20. The molecule has 3 saturated heterocycles. The Kier molecular flexibility index (Phi) is 10.2.